The van der Waals surface area contributed by atoms with Gasteiger partial charge in [0.25, 0.3) is 0 Å². The molecule has 0 aliphatic heterocycles. The van der Waals surface area contributed by atoms with E-state index in [1.165, 1.54) is 5.56 Å². The summed E-state index contributed by atoms with van der Waals surface area (Å²) in [6, 6.07) is 20.0. The first-order valence-corrected chi connectivity index (χ1v) is 7.76. The van der Waals surface area contributed by atoms with Crippen LogP contribution in [0.15, 0.2) is 54.6 Å². The zero-order valence-electron chi connectivity index (χ0n) is 13.0. The van der Waals surface area contributed by atoms with Gasteiger partial charge in [0.05, 0.1) is 11.0 Å². The minimum atomic E-state index is 0.399. The minimum Gasteiger partial charge on any atom is -0.384 e. The highest BCUT2D eigenvalue weighted by Gasteiger charge is 2.18. The third-order valence-corrected chi connectivity index (χ3v) is 4.17. The maximum absolute atomic E-state index is 9.48. The van der Waals surface area contributed by atoms with E-state index in [1.54, 1.807) is 0 Å². The van der Waals surface area contributed by atoms with Crippen molar-refractivity contribution in [3.63, 3.8) is 0 Å². The zero-order valence-corrected chi connectivity index (χ0v) is 13.0. The normalized spacial score (nSPS) is 11.0. The van der Waals surface area contributed by atoms with Gasteiger partial charge in [-0.1, -0.05) is 42.5 Å². The molecule has 0 atom stereocenters. The fraction of sp³-hybridized carbons (Fsp3) is 0.105. The van der Waals surface area contributed by atoms with Crippen molar-refractivity contribution < 1.29 is 0 Å². The van der Waals surface area contributed by atoms with Crippen molar-refractivity contribution in [2.45, 2.75) is 13.0 Å². The molecule has 116 valence electrons. The van der Waals surface area contributed by atoms with Crippen LogP contribution in [0.4, 0.5) is 5.82 Å². The predicted octanol–water partition coefficient (Wildman–Crippen LogP) is 3.28. The summed E-state index contributed by atoms with van der Waals surface area (Å²) in [5, 5.41) is 9.48. The van der Waals surface area contributed by atoms with E-state index >= 15 is 0 Å². The summed E-state index contributed by atoms with van der Waals surface area (Å²) in [6.07, 6.45) is 0.814. The molecule has 0 saturated carbocycles. The summed E-state index contributed by atoms with van der Waals surface area (Å²) < 4.78 is 1.89. The molecule has 0 spiro atoms. The van der Waals surface area contributed by atoms with Crippen molar-refractivity contribution in [2.75, 3.05) is 5.73 Å². The van der Waals surface area contributed by atoms with Crippen molar-refractivity contribution in [2.24, 2.45) is 0 Å². The van der Waals surface area contributed by atoms with Crippen molar-refractivity contribution >= 4 is 28.0 Å². The first-order chi connectivity index (χ1) is 11.8. The Balaban J connectivity index is 1.86. The molecular formula is C19H15N5. The second-order valence-corrected chi connectivity index (χ2v) is 5.64. The Morgan fingerprint density at radius 3 is 2.33 bits per heavy atom. The van der Waals surface area contributed by atoms with Crippen LogP contribution in [0, 0.1) is 11.3 Å². The molecule has 0 radical (unpaired) electrons. The molecule has 0 saturated heterocycles. The molecule has 0 unspecified atom stereocenters. The van der Waals surface area contributed by atoms with Crippen LogP contribution >= 0.6 is 0 Å². The number of nitrogens with zero attached hydrogens (tertiary/aromatic N) is 4. The van der Waals surface area contributed by atoms with Crippen molar-refractivity contribution in [1.82, 2.24) is 14.5 Å². The highest BCUT2D eigenvalue weighted by molar-refractivity contribution is 5.92. The average molecular weight is 313 g/mol. The quantitative estimate of drug-likeness (QED) is 0.629. The number of benzene rings is 2. The minimum absolute atomic E-state index is 0.399. The van der Waals surface area contributed by atoms with Crippen LogP contribution in [-0.4, -0.2) is 14.5 Å². The standard InChI is InChI=1S/C19H15N5/c20-12-14-17-19(23-16-9-5-4-8-15(16)22-17)24(18(14)21)11-10-13-6-2-1-3-7-13/h1-9H,10-11,21H2. The zero-order chi connectivity index (χ0) is 16.5. The van der Waals surface area contributed by atoms with Gasteiger partial charge in [0, 0.05) is 6.54 Å². The fourth-order valence-corrected chi connectivity index (χ4v) is 2.94. The number of nitriles is 1. The number of aromatic nitrogens is 3. The SMILES string of the molecule is N#Cc1c(N)n(CCc2ccccc2)c2nc3ccccc3nc12. The first-order valence-electron chi connectivity index (χ1n) is 7.76. The van der Waals surface area contributed by atoms with Crippen LogP contribution in [0.2, 0.25) is 0 Å². The maximum Gasteiger partial charge on any atom is 0.162 e. The van der Waals surface area contributed by atoms with Crippen LogP contribution in [-0.2, 0) is 13.0 Å². The Hall–Kier alpha value is -3.39. The molecule has 2 aromatic heterocycles. The highest BCUT2D eigenvalue weighted by Crippen LogP contribution is 2.27. The van der Waals surface area contributed by atoms with E-state index in [0.29, 0.717) is 29.1 Å². The van der Waals surface area contributed by atoms with Crippen LogP contribution in [0.25, 0.3) is 22.2 Å². The third-order valence-electron chi connectivity index (χ3n) is 4.17. The molecule has 0 bridgehead atoms. The summed E-state index contributed by atoms with van der Waals surface area (Å²) in [4.78, 5) is 9.29. The van der Waals surface area contributed by atoms with Gasteiger partial charge in [-0.25, -0.2) is 9.97 Å². The van der Waals surface area contributed by atoms with Gasteiger partial charge in [-0.2, -0.15) is 5.26 Å². The fourth-order valence-electron chi connectivity index (χ4n) is 2.94. The van der Waals surface area contributed by atoms with Gasteiger partial charge < -0.3 is 10.3 Å². The lowest BCUT2D eigenvalue weighted by atomic mass is 10.1. The Kier molecular flexibility index (Phi) is 3.36. The molecule has 0 aliphatic carbocycles. The summed E-state index contributed by atoms with van der Waals surface area (Å²) in [7, 11) is 0. The molecule has 2 aromatic carbocycles. The molecule has 2 heterocycles. The molecule has 4 aromatic rings. The van der Waals surface area contributed by atoms with E-state index < -0.39 is 0 Å². The van der Waals surface area contributed by atoms with Crippen LogP contribution in [0.1, 0.15) is 11.1 Å². The average Bonchev–Trinajstić information content (AvgIpc) is 2.89. The van der Waals surface area contributed by atoms with Gasteiger partial charge in [-0.05, 0) is 24.1 Å². The third kappa shape index (κ3) is 2.25. The molecule has 5 heteroatoms. The second-order valence-electron chi connectivity index (χ2n) is 5.64. The van der Waals surface area contributed by atoms with Crippen LogP contribution < -0.4 is 5.73 Å². The summed E-state index contributed by atoms with van der Waals surface area (Å²) in [5.41, 5.74) is 10.6. The summed E-state index contributed by atoms with van der Waals surface area (Å²) in [5.74, 6) is 0.429. The largest absolute Gasteiger partial charge is 0.384 e. The van der Waals surface area contributed by atoms with E-state index in [2.05, 4.69) is 28.2 Å². The predicted molar refractivity (Wildman–Crippen MR) is 94.3 cm³/mol. The Morgan fingerprint density at radius 1 is 0.958 bits per heavy atom. The van der Waals surface area contributed by atoms with Gasteiger partial charge in [0.2, 0.25) is 0 Å². The van der Waals surface area contributed by atoms with E-state index in [4.69, 9.17) is 5.73 Å². The number of hydrogen-bond donors (Lipinski definition) is 1. The highest BCUT2D eigenvalue weighted by atomic mass is 15.1. The van der Waals surface area contributed by atoms with Gasteiger partial charge in [0.15, 0.2) is 5.65 Å². The molecule has 0 amide bonds. The van der Waals surface area contributed by atoms with Crippen LogP contribution in [0.5, 0.6) is 0 Å². The Morgan fingerprint density at radius 2 is 1.62 bits per heavy atom. The van der Waals surface area contributed by atoms with Crippen LogP contribution in [0.3, 0.4) is 0 Å². The lowest BCUT2D eigenvalue weighted by Gasteiger charge is -2.07. The summed E-state index contributed by atoms with van der Waals surface area (Å²) in [6.45, 7) is 0.654. The van der Waals surface area contributed by atoms with Gasteiger partial charge in [0.1, 0.15) is 23.0 Å². The topological polar surface area (TPSA) is 80.5 Å². The number of anilines is 1. The first kappa shape index (κ1) is 14.2. The smallest absolute Gasteiger partial charge is 0.162 e. The molecule has 5 nitrogen and oxygen atoms in total. The van der Waals surface area contributed by atoms with Gasteiger partial charge in [-0.3, -0.25) is 0 Å². The number of rotatable bonds is 3. The molecule has 24 heavy (non-hydrogen) atoms. The van der Waals surface area contributed by atoms with E-state index in [0.717, 1.165) is 17.5 Å². The van der Waals surface area contributed by atoms with Gasteiger partial charge >= 0.3 is 0 Å². The van der Waals surface area contributed by atoms with E-state index in [9.17, 15) is 5.26 Å². The van der Waals surface area contributed by atoms with Gasteiger partial charge in [-0.15, -0.1) is 0 Å². The summed E-state index contributed by atoms with van der Waals surface area (Å²) >= 11 is 0. The Bertz CT molecular complexity index is 1070. The number of nitrogen functional groups attached to an aromatic ring is 1. The number of fused-ring (bicyclic) bond motifs is 2. The molecule has 0 aliphatic rings. The molecule has 0 fully saturated rings. The maximum atomic E-state index is 9.48. The number of hydrogen-bond acceptors (Lipinski definition) is 4. The molecule has 4 rings (SSSR count). The number of para-hydroxylation sites is 2. The van der Waals surface area contributed by atoms with Crippen molar-refractivity contribution in [1.29, 1.82) is 5.26 Å². The molecule has 2 N–H and O–H groups in total. The Labute approximate surface area is 139 Å². The van der Waals surface area contributed by atoms with Crippen molar-refractivity contribution in [3.05, 3.63) is 65.7 Å². The van der Waals surface area contributed by atoms with E-state index in [1.807, 2.05) is 47.0 Å². The number of aryl methyl sites for hydroxylation is 2. The van der Waals surface area contributed by atoms with Crippen molar-refractivity contribution in [3.8, 4) is 6.07 Å². The monoisotopic (exact) mass is 313 g/mol. The lowest BCUT2D eigenvalue weighted by Crippen LogP contribution is -2.06. The second kappa shape index (κ2) is 5.67. The number of nitrogens with two attached hydrogens (primary N) is 1. The lowest BCUT2D eigenvalue weighted by molar-refractivity contribution is 0.725. The molecular weight excluding hydrogens is 298 g/mol. The van der Waals surface area contributed by atoms with E-state index in [-0.39, 0.29) is 0 Å².